The third-order valence-electron chi connectivity index (χ3n) is 8.24. The maximum absolute atomic E-state index is 13.1. The molecule has 3 aromatic heterocycles. The average molecular weight is 543 g/mol. The lowest BCUT2D eigenvalue weighted by Gasteiger charge is -2.47. The highest BCUT2D eigenvalue weighted by Crippen LogP contribution is 2.35. The molecule has 2 aliphatic heterocycles. The minimum absolute atomic E-state index is 0.0355. The van der Waals surface area contributed by atoms with Crippen molar-refractivity contribution in [1.82, 2.24) is 34.0 Å². The van der Waals surface area contributed by atoms with Crippen molar-refractivity contribution in [2.45, 2.75) is 77.5 Å². The number of piperazine rings is 1. The van der Waals surface area contributed by atoms with Crippen molar-refractivity contribution in [2.75, 3.05) is 24.6 Å². The molecule has 2 aliphatic rings. The van der Waals surface area contributed by atoms with Crippen LogP contribution in [0.15, 0.2) is 30.6 Å². The molecule has 12 heteroatoms. The van der Waals surface area contributed by atoms with Crippen molar-refractivity contribution < 1.29 is 17.9 Å². The molecule has 0 N–H and O–H groups in total. The first kappa shape index (κ1) is 26.0. The van der Waals surface area contributed by atoms with Gasteiger partial charge in [-0.2, -0.15) is 18.2 Å². The topological polar surface area (TPSA) is 76.6 Å². The van der Waals surface area contributed by atoms with Crippen molar-refractivity contribution in [1.29, 1.82) is 0 Å². The summed E-state index contributed by atoms with van der Waals surface area (Å²) in [5.74, 6) is 2.19. The van der Waals surface area contributed by atoms with Crippen molar-refractivity contribution >= 4 is 22.8 Å². The summed E-state index contributed by atoms with van der Waals surface area (Å²) in [5, 5.41) is 8.39. The predicted octanol–water partition coefficient (Wildman–Crippen LogP) is 4.64. The Morgan fingerprint density at radius 3 is 2.54 bits per heavy atom. The molecule has 2 saturated heterocycles. The van der Waals surface area contributed by atoms with Gasteiger partial charge in [0.1, 0.15) is 17.7 Å². The van der Waals surface area contributed by atoms with E-state index < -0.39 is 11.7 Å². The van der Waals surface area contributed by atoms with Crippen LogP contribution in [0.1, 0.15) is 56.6 Å². The Labute approximate surface area is 224 Å². The zero-order valence-electron chi connectivity index (χ0n) is 22.6. The van der Waals surface area contributed by atoms with Gasteiger partial charge in [0, 0.05) is 37.8 Å². The number of ether oxygens (including phenoxy) is 1. The number of benzene rings is 1. The summed E-state index contributed by atoms with van der Waals surface area (Å²) in [4.78, 5) is 14.5. The summed E-state index contributed by atoms with van der Waals surface area (Å²) in [6, 6.07) is 5.68. The highest BCUT2D eigenvalue weighted by Gasteiger charge is 2.36. The van der Waals surface area contributed by atoms with Crippen LogP contribution in [0.4, 0.5) is 19.0 Å². The van der Waals surface area contributed by atoms with E-state index in [0.717, 1.165) is 54.4 Å². The average Bonchev–Trinajstić information content (AvgIpc) is 3.65. The Morgan fingerprint density at radius 1 is 1.08 bits per heavy atom. The summed E-state index contributed by atoms with van der Waals surface area (Å²) in [5.41, 5.74) is 1.96. The van der Waals surface area contributed by atoms with Gasteiger partial charge in [-0.15, -0.1) is 10.2 Å². The Bertz CT molecular complexity index is 1470. The van der Waals surface area contributed by atoms with E-state index >= 15 is 0 Å². The van der Waals surface area contributed by atoms with E-state index in [1.807, 2.05) is 11.3 Å². The van der Waals surface area contributed by atoms with Gasteiger partial charge >= 0.3 is 6.18 Å². The SMILES string of the molecule is Cc1nc2c(N3C[C@@H](C)N(C(C)c4ccc(C(F)(F)F)cc4)C[C@@H]3C)nc3nncn3c2n1C[C@@H]1CCCO1. The van der Waals surface area contributed by atoms with Crippen LogP contribution in [-0.4, -0.2) is 71.9 Å². The van der Waals surface area contributed by atoms with Gasteiger partial charge in [0.05, 0.1) is 18.2 Å². The summed E-state index contributed by atoms with van der Waals surface area (Å²) in [7, 11) is 0. The van der Waals surface area contributed by atoms with Crippen molar-refractivity contribution in [2.24, 2.45) is 0 Å². The van der Waals surface area contributed by atoms with E-state index in [1.54, 1.807) is 18.5 Å². The summed E-state index contributed by atoms with van der Waals surface area (Å²) in [6.45, 7) is 11.3. The minimum atomic E-state index is -4.34. The Balaban J connectivity index is 1.31. The first-order valence-corrected chi connectivity index (χ1v) is 13.5. The van der Waals surface area contributed by atoms with Crippen LogP contribution in [-0.2, 0) is 17.5 Å². The fourth-order valence-corrected chi connectivity index (χ4v) is 6.09. The lowest BCUT2D eigenvalue weighted by atomic mass is 9.99. The van der Waals surface area contributed by atoms with Gasteiger partial charge in [-0.25, -0.2) is 9.38 Å². The fourth-order valence-electron chi connectivity index (χ4n) is 6.09. The molecule has 6 rings (SSSR count). The van der Waals surface area contributed by atoms with Crippen LogP contribution in [0, 0.1) is 6.92 Å². The Morgan fingerprint density at radius 2 is 1.85 bits per heavy atom. The zero-order valence-corrected chi connectivity index (χ0v) is 22.6. The molecule has 9 nitrogen and oxygen atoms in total. The van der Waals surface area contributed by atoms with Crippen molar-refractivity contribution in [3.05, 3.63) is 47.5 Å². The van der Waals surface area contributed by atoms with Gasteiger partial charge in [-0.3, -0.25) is 4.90 Å². The van der Waals surface area contributed by atoms with Gasteiger partial charge < -0.3 is 14.2 Å². The van der Waals surface area contributed by atoms with E-state index in [1.165, 1.54) is 12.1 Å². The molecular formula is C27H33F3N8O. The Kier molecular flexibility index (Phi) is 6.49. The maximum Gasteiger partial charge on any atom is 0.416 e. The van der Waals surface area contributed by atoms with Crippen LogP contribution < -0.4 is 4.90 Å². The molecule has 4 aromatic rings. The highest BCUT2D eigenvalue weighted by molar-refractivity contribution is 5.87. The van der Waals surface area contributed by atoms with Gasteiger partial charge in [0.2, 0.25) is 0 Å². The van der Waals surface area contributed by atoms with Crippen LogP contribution in [0.2, 0.25) is 0 Å². The monoisotopic (exact) mass is 542 g/mol. The second kappa shape index (κ2) is 9.74. The number of rotatable bonds is 5. The third kappa shape index (κ3) is 4.63. The number of anilines is 1. The normalized spacial score (nSPS) is 23.8. The molecule has 2 fully saturated rings. The number of hydrogen-bond acceptors (Lipinski definition) is 7. The molecule has 4 atom stereocenters. The third-order valence-corrected chi connectivity index (χ3v) is 8.24. The minimum Gasteiger partial charge on any atom is -0.376 e. The molecule has 0 spiro atoms. The van der Waals surface area contributed by atoms with Gasteiger partial charge in [-0.05, 0) is 58.2 Å². The quantitative estimate of drug-likeness (QED) is 0.364. The molecule has 39 heavy (non-hydrogen) atoms. The lowest BCUT2D eigenvalue weighted by Crippen LogP contribution is -2.57. The summed E-state index contributed by atoms with van der Waals surface area (Å²) >= 11 is 0. The molecule has 0 radical (unpaired) electrons. The predicted molar refractivity (Wildman–Crippen MR) is 141 cm³/mol. The first-order chi connectivity index (χ1) is 18.6. The molecule has 1 aromatic carbocycles. The standard InChI is InChI=1S/C27H33F3N8O/c1-16-13-36(17(2)12-35(16)18(3)20-7-9-21(10-8-20)27(28,29)30)24-23-25(38-15-31-34-26(38)33-24)37(19(4)32-23)14-22-6-5-11-39-22/h7-10,15-18,22H,5-6,11-14H2,1-4H3/t16-,17+,18?,22+/m1/s1. The van der Waals surface area contributed by atoms with Gasteiger partial charge in [-0.1, -0.05) is 12.1 Å². The van der Waals surface area contributed by atoms with Crippen LogP contribution in [0.3, 0.4) is 0 Å². The van der Waals surface area contributed by atoms with Crippen LogP contribution >= 0.6 is 0 Å². The maximum atomic E-state index is 13.1. The van der Waals surface area contributed by atoms with Crippen molar-refractivity contribution in [3.63, 3.8) is 0 Å². The molecule has 0 amide bonds. The molecule has 5 heterocycles. The number of nitrogens with zero attached hydrogens (tertiary/aromatic N) is 8. The molecule has 0 bridgehead atoms. The van der Waals surface area contributed by atoms with E-state index in [-0.39, 0.29) is 24.2 Å². The summed E-state index contributed by atoms with van der Waals surface area (Å²) in [6.07, 6.45) is -0.421. The molecule has 0 aliphatic carbocycles. The fraction of sp³-hybridized carbons (Fsp3) is 0.556. The van der Waals surface area contributed by atoms with Crippen LogP contribution in [0.25, 0.3) is 16.9 Å². The van der Waals surface area contributed by atoms with Gasteiger partial charge in [0.15, 0.2) is 11.5 Å². The lowest BCUT2D eigenvalue weighted by molar-refractivity contribution is -0.137. The Hall–Kier alpha value is -3.25. The largest absolute Gasteiger partial charge is 0.416 e. The van der Waals surface area contributed by atoms with Crippen LogP contribution in [0.5, 0.6) is 0 Å². The van der Waals surface area contributed by atoms with Gasteiger partial charge in [0.25, 0.3) is 5.78 Å². The number of aryl methyl sites for hydroxylation is 1. The number of hydrogen-bond donors (Lipinski definition) is 0. The van der Waals surface area contributed by atoms with E-state index in [9.17, 15) is 13.2 Å². The zero-order chi connectivity index (χ0) is 27.5. The summed E-state index contributed by atoms with van der Waals surface area (Å²) < 4.78 is 49.2. The number of halogens is 3. The number of aromatic nitrogens is 6. The molecule has 0 saturated carbocycles. The second-order valence-corrected chi connectivity index (χ2v) is 10.9. The second-order valence-electron chi connectivity index (χ2n) is 10.9. The first-order valence-electron chi connectivity index (χ1n) is 13.5. The van der Waals surface area contributed by atoms with E-state index in [0.29, 0.717) is 18.9 Å². The number of alkyl halides is 3. The molecule has 1 unspecified atom stereocenters. The van der Waals surface area contributed by atoms with E-state index in [2.05, 4.69) is 45.3 Å². The van der Waals surface area contributed by atoms with E-state index in [4.69, 9.17) is 14.7 Å². The number of imidazole rings is 1. The smallest absolute Gasteiger partial charge is 0.376 e. The highest BCUT2D eigenvalue weighted by atomic mass is 19.4. The van der Waals surface area contributed by atoms with Crippen molar-refractivity contribution in [3.8, 4) is 0 Å². The molecule has 208 valence electrons. The number of fused-ring (bicyclic) bond motifs is 3. The molecular weight excluding hydrogens is 509 g/mol.